The van der Waals surface area contributed by atoms with E-state index in [0.29, 0.717) is 31.1 Å². The van der Waals surface area contributed by atoms with Crippen LogP contribution >= 0.6 is 0 Å². The van der Waals surface area contributed by atoms with Gasteiger partial charge in [0.1, 0.15) is 23.7 Å². The molecule has 24 heavy (non-hydrogen) atoms. The number of furan rings is 1. The van der Waals surface area contributed by atoms with Crippen LogP contribution in [0.1, 0.15) is 33.6 Å². The van der Waals surface area contributed by atoms with Crippen LogP contribution in [0.25, 0.3) is 0 Å². The van der Waals surface area contributed by atoms with Crippen molar-refractivity contribution in [1.29, 1.82) is 0 Å². The summed E-state index contributed by atoms with van der Waals surface area (Å²) in [5, 5.41) is 11.7. The quantitative estimate of drug-likeness (QED) is 0.721. The van der Waals surface area contributed by atoms with Crippen molar-refractivity contribution >= 4 is 17.6 Å². The summed E-state index contributed by atoms with van der Waals surface area (Å²) >= 11 is 0. The topological polar surface area (TPSA) is 98.0 Å². The molecule has 0 aliphatic carbocycles. The molecule has 0 aliphatic heterocycles. The largest absolute Gasteiger partial charge is 0.491 e. The van der Waals surface area contributed by atoms with Gasteiger partial charge in [0.25, 0.3) is 5.91 Å². The number of carbonyl (C=O) groups is 2. The number of aromatic carboxylic acids is 1. The van der Waals surface area contributed by atoms with Gasteiger partial charge >= 0.3 is 5.97 Å². The molecule has 0 saturated carbocycles. The Morgan fingerprint density at radius 1 is 1.21 bits per heavy atom. The van der Waals surface area contributed by atoms with Crippen molar-refractivity contribution < 1.29 is 28.6 Å². The van der Waals surface area contributed by atoms with Gasteiger partial charge in [0.05, 0.1) is 6.61 Å². The van der Waals surface area contributed by atoms with E-state index in [9.17, 15) is 9.59 Å². The van der Waals surface area contributed by atoms with Crippen LogP contribution in [-0.4, -0.2) is 37.3 Å². The highest BCUT2D eigenvalue weighted by Gasteiger charge is 2.20. The average Bonchev–Trinajstić information content (AvgIpc) is 3.01. The first-order valence-corrected chi connectivity index (χ1v) is 7.44. The lowest BCUT2D eigenvalue weighted by molar-refractivity contribution is 0.0694. The number of aryl methyl sites for hydroxylation is 1. The average molecular weight is 333 g/mol. The van der Waals surface area contributed by atoms with Gasteiger partial charge in [0.15, 0.2) is 5.76 Å². The number of benzene rings is 1. The van der Waals surface area contributed by atoms with Crippen LogP contribution in [0.3, 0.4) is 0 Å². The van der Waals surface area contributed by atoms with E-state index in [4.69, 9.17) is 19.0 Å². The summed E-state index contributed by atoms with van der Waals surface area (Å²) in [6.45, 7) is 2.68. The molecule has 0 aliphatic rings. The maximum absolute atomic E-state index is 12.2. The van der Waals surface area contributed by atoms with E-state index < -0.39 is 11.9 Å². The normalized spacial score (nSPS) is 10.4. The Hall–Kier alpha value is -2.80. The molecule has 0 fully saturated rings. The van der Waals surface area contributed by atoms with Crippen LogP contribution in [0, 0.1) is 0 Å². The minimum atomic E-state index is -1.12. The van der Waals surface area contributed by atoms with Crippen molar-refractivity contribution in [2.45, 2.75) is 13.3 Å². The minimum Gasteiger partial charge on any atom is -0.491 e. The predicted molar refractivity (Wildman–Crippen MR) is 86.8 cm³/mol. The van der Waals surface area contributed by atoms with Gasteiger partial charge in [-0.25, -0.2) is 4.79 Å². The van der Waals surface area contributed by atoms with Gasteiger partial charge < -0.3 is 24.3 Å². The number of carboxylic acid groups (broad SMARTS) is 1. The standard InChI is InChI=1S/C17H19NO6/c1-3-14-13(17(20)21)10-15(24-14)16(19)18-11-4-6-12(7-5-11)23-9-8-22-2/h4-7,10H,3,8-9H2,1-2H3,(H,18,19)(H,20,21). The fraction of sp³-hybridized carbons (Fsp3) is 0.294. The fourth-order valence-electron chi connectivity index (χ4n) is 2.05. The van der Waals surface area contributed by atoms with Gasteiger partial charge in [-0.05, 0) is 24.3 Å². The first-order chi connectivity index (χ1) is 11.5. The second-order valence-corrected chi connectivity index (χ2v) is 4.93. The first kappa shape index (κ1) is 17.6. The molecule has 0 saturated heterocycles. The lowest BCUT2D eigenvalue weighted by Gasteiger charge is -2.07. The maximum atomic E-state index is 12.2. The first-order valence-electron chi connectivity index (χ1n) is 7.44. The van der Waals surface area contributed by atoms with Crippen LogP contribution < -0.4 is 10.1 Å². The van der Waals surface area contributed by atoms with E-state index in [2.05, 4.69) is 5.32 Å². The van der Waals surface area contributed by atoms with E-state index in [1.165, 1.54) is 6.07 Å². The third-order valence-electron chi connectivity index (χ3n) is 3.25. The van der Waals surface area contributed by atoms with Crippen LogP contribution in [0.2, 0.25) is 0 Å². The zero-order valence-electron chi connectivity index (χ0n) is 13.5. The molecule has 2 N–H and O–H groups in total. The molecule has 0 atom stereocenters. The monoisotopic (exact) mass is 333 g/mol. The van der Waals surface area contributed by atoms with Gasteiger partial charge in [0.2, 0.25) is 0 Å². The second-order valence-electron chi connectivity index (χ2n) is 4.93. The summed E-state index contributed by atoms with van der Waals surface area (Å²) in [7, 11) is 1.59. The molecule has 2 rings (SSSR count). The van der Waals surface area contributed by atoms with Crippen molar-refractivity contribution in [1.82, 2.24) is 0 Å². The number of anilines is 1. The lowest BCUT2D eigenvalue weighted by Crippen LogP contribution is -2.11. The molecule has 0 bridgehead atoms. The van der Waals surface area contributed by atoms with Gasteiger partial charge in [0, 0.05) is 25.3 Å². The molecule has 1 aromatic heterocycles. The molecule has 7 heteroatoms. The Morgan fingerprint density at radius 3 is 2.46 bits per heavy atom. The molecule has 0 radical (unpaired) electrons. The molecule has 128 valence electrons. The molecule has 1 heterocycles. The SMILES string of the molecule is CCc1oc(C(=O)Nc2ccc(OCCOC)cc2)cc1C(=O)O. The smallest absolute Gasteiger partial charge is 0.339 e. The van der Waals surface area contributed by atoms with Crippen molar-refractivity contribution in [3.05, 3.63) is 47.4 Å². The molecular weight excluding hydrogens is 314 g/mol. The van der Waals surface area contributed by atoms with Crippen LogP contribution in [0.4, 0.5) is 5.69 Å². The Bertz CT molecular complexity index is 704. The Balaban J connectivity index is 2.03. The number of rotatable bonds is 8. The number of amides is 1. The molecule has 0 unspecified atom stereocenters. The maximum Gasteiger partial charge on any atom is 0.339 e. The van der Waals surface area contributed by atoms with Gasteiger partial charge in [-0.15, -0.1) is 0 Å². The van der Waals surface area contributed by atoms with Gasteiger partial charge in [-0.2, -0.15) is 0 Å². The number of carbonyl (C=O) groups excluding carboxylic acids is 1. The highest BCUT2D eigenvalue weighted by molar-refractivity contribution is 6.04. The molecule has 1 aromatic carbocycles. The second kappa shape index (κ2) is 8.16. The fourth-order valence-corrected chi connectivity index (χ4v) is 2.05. The molecular formula is C17H19NO6. The molecule has 1 amide bonds. The van der Waals surface area contributed by atoms with Gasteiger partial charge in [-0.3, -0.25) is 4.79 Å². The van der Waals surface area contributed by atoms with Gasteiger partial charge in [-0.1, -0.05) is 6.92 Å². The van der Waals surface area contributed by atoms with Crippen LogP contribution in [0.5, 0.6) is 5.75 Å². The summed E-state index contributed by atoms with van der Waals surface area (Å²) in [4.78, 5) is 23.3. The Labute approximate surface area is 139 Å². The zero-order valence-corrected chi connectivity index (χ0v) is 13.5. The van der Waals surface area contributed by atoms with Crippen LogP contribution in [0.15, 0.2) is 34.7 Å². The Kier molecular flexibility index (Phi) is 5.97. The minimum absolute atomic E-state index is 0.00420. The summed E-state index contributed by atoms with van der Waals surface area (Å²) in [5.41, 5.74) is 0.551. The third-order valence-corrected chi connectivity index (χ3v) is 3.25. The lowest BCUT2D eigenvalue weighted by atomic mass is 10.2. The van der Waals surface area contributed by atoms with E-state index in [1.807, 2.05) is 0 Å². The Morgan fingerprint density at radius 2 is 1.92 bits per heavy atom. The zero-order chi connectivity index (χ0) is 17.5. The summed E-state index contributed by atoms with van der Waals surface area (Å²) in [5.74, 6) is -0.735. The number of hydrogen-bond donors (Lipinski definition) is 2. The number of nitrogens with one attached hydrogen (secondary N) is 1. The molecule has 2 aromatic rings. The summed E-state index contributed by atoms with van der Waals surface area (Å²) in [6.07, 6.45) is 0.391. The van der Waals surface area contributed by atoms with E-state index in [0.717, 1.165) is 0 Å². The van der Waals surface area contributed by atoms with Crippen molar-refractivity contribution in [2.24, 2.45) is 0 Å². The van der Waals surface area contributed by atoms with Crippen molar-refractivity contribution in [2.75, 3.05) is 25.6 Å². The molecule has 0 spiro atoms. The highest BCUT2D eigenvalue weighted by Crippen LogP contribution is 2.20. The molecule has 7 nitrogen and oxygen atoms in total. The number of ether oxygens (including phenoxy) is 2. The number of methoxy groups -OCH3 is 1. The van der Waals surface area contributed by atoms with Crippen LogP contribution in [-0.2, 0) is 11.2 Å². The highest BCUT2D eigenvalue weighted by atomic mass is 16.5. The summed E-state index contributed by atoms with van der Waals surface area (Å²) < 4.78 is 15.6. The summed E-state index contributed by atoms with van der Waals surface area (Å²) in [6, 6.07) is 8.03. The number of hydrogen-bond acceptors (Lipinski definition) is 5. The van der Waals surface area contributed by atoms with Crippen molar-refractivity contribution in [3.63, 3.8) is 0 Å². The van der Waals surface area contributed by atoms with E-state index in [1.54, 1.807) is 38.3 Å². The van der Waals surface area contributed by atoms with Crippen molar-refractivity contribution in [3.8, 4) is 5.75 Å². The van der Waals surface area contributed by atoms with E-state index >= 15 is 0 Å². The van der Waals surface area contributed by atoms with E-state index in [-0.39, 0.29) is 17.1 Å². The third kappa shape index (κ3) is 4.36. The number of carboxylic acids is 1. The predicted octanol–water partition coefficient (Wildman–Crippen LogP) is 2.82.